The third-order valence-electron chi connectivity index (χ3n) is 2.78. The van der Waals surface area contributed by atoms with Crippen molar-refractivity contribution in [3.63, 3.8) is 0 Å². The summed E-state index contributed by atoms with van der Waals surface area (Å²) in [6, 6.07) is 3.98. The van der Waals surface area contributed by atoms with Gasteiger partial charge >= 0.3 is 0 Å². The highest BCUT2D eigenvalue weighted by atomic mass is 32.1. The molecule has 0 aliphatic rings. The number of carbonyl (C=O) groups is 2. The molecule has 2 rings (SSSR count). The summed E-state index contributed by atoms with van der Waals surface area (Å²) in [5, 5.41) is 5.56. The minimum absolute atomic E-state index is 0.0388. The van der Waals surface area contributed by atoms with Crippen LogP contribution in [0.25, 0.3) is 10.6 Å². The van der Waals surface area contributed by atoms with Gasteiger partial charge in [0, 0.05) is 31.3 Å². The van der Waals surface area contributed by atoms with Gasteiger partial charge in [-0.3, -0.25) is 9.59 Å². The molecule has 0 spiro atoms. The molecule has 0 radical (unpaired) electrons. The molecule has 0 saturated heterocycles. The lowest BCUT2D eigenvalue weighted by molar-refractivity contribution is -0.128. The Labute approximate surface area is 131 Å². The standard InChI is InChI=1S/C14H17N3O2S2/c1-9(18)15-7-10-4-5-12(21-10)11-8-20-13(16-11)6-14(19)17(2)3/h4-5,8H,6-7H2,1-3H3,(H,15,18). The highest BCUT2D eigenvalue weighted by molar-refractivity contribution is 7.16. The van der Waals surface area contributed by atoms with E-state index in [0.29, 0.717) is 13.0 Å². The number of carbonyl (C=O) groups excluding carboxylic acids is 2. The number of likely N-dealkylation sites (N-methyl/N-ethyl adjacent to an activating group) is 1. The molecular formula is C14H17N3O2S2. The van der Waals surface area contributed by atoms with Gasteiger partial charge in [0.2, 0.25) is 11.8 Å². The molecule has 2 heterocycles. The molecule has 112 valence electrons. The monoisotopic (exact) mass is 323 g/mol. The Hall–Kier alpha value is -1.73. The second-order valence-corrected chi connectivity index (χ2v) is 6.88. The summed E-state index contributed by atoms with van der Waals surface area (Å²) < 4.78 is 0. The fourth-order valence-corrected chi connectivity index (χ4v) is 3.38. The van der Waals surface area contributed by atoms with Gasteiger partial charge in [0.15, 0.2) is 0 Å². The lowest BCUT2D eigenvalue weighted by Crippen LogP contribution is -2.23. The van der Waals surface area contributed by atoms with Gasteiger partial charge in [-0.1, -0.05) is 0 Å². The first-order valence-corrected chi connectivity index (χ1v) is 8.13. The predicted molar refractivity (Wildman–Crippen MR) is 85.3 cm³/mol. The Morgan fingerprint density at radius 1 is 1.33 bits per heavy atom. The quantitative estimate of drug-likeness (QED) is 0.917. The van der Waals surface area contributed by atoms with E-state index < -0.39 is 0 Å². The van der Waals surface area contributed by atoms with Gasteiger partial charge in [-0.2, -0.15) is 0 Å². The van der Waals surface area contributed by atoms with Crippen LogP contribution in [0.4, 0.5) is 0 Å². The SMILES string of the molecule is CC(=O)NCc1ccc(-c2csc(CC(=O)N(C)C)n2)s1. The predicted octanol–water partition coefficient (Wildman–Crippen LogP) is 2.14. The van der Waals surface area contributed by atoms with E-state index in [0.717, 1.165) is 20.5 Å². The van der Waals surface area contributed by atoms with Crippen LogP contribution in [0.2, 0.25) is 0 Å². The lowest BCUT2D eigenvalue weighted by atomic mass is 10.3. The summed E-state index contributed by atoms with van der Waals surface area (Å²) in [4.78, 5) is 30.8. The Balaban J connectivity index is 2.04. The van der Waals surface area contributed by atoms with E-state index in [1.165, 1.54) is 18.3 Å². The van der Waals surface area contributed by atoms with Crippen molar-refractivity contribution in [1.82, 2.24) is 15.2 Å². The van der Waals surface area contributed by atoms with E-state index in [2.05, 4.69) is 10.3 Å². The number of hydrogen-bond donors (Lipinski definition) is 1. The highest BCUT2D eigenvalue weighted by Crippen LogP contribution is 2.29. The molecule has 7 heteroatoms. The Morgan fingerprint density at radius 2 is 2.10 bits per heavy atom. The zero-order chi connectivity index (χ0) is 15.4. The molecular weight excluding hydrogens is 306 g/mol. The smallest absolute Gasteiger partial charge is 0.228 e. The number of hydrogen-bond acceptors (Lipinski definition) is 5. The highest BCUT2D eigenvalue weighted by Gasteiger charge is 2.12. The van der Waals surface area contributed by atoms with E-state index in [9.17, 15) is 9.59 Å². The van der Waals surface area contributed by atoms with Crippen LogP contribution in [-0.2, 0) is 22.6 Å². The number of thiazole rings is 1. The van der Waals surface area contributed by atoms with Gasteiger partial charge in [0.25, 0.3) is 0 Å². The van der Waals surface area contributed by atoms with Crippen LogP contribution in [0, 0.1) is 0 Å². The van der Waals surface area contributed by atoms with Gasteiger partial charge in [0.05, 0.1) is 23.5 Å². The molecule has 0 aliphatic carbocycles. The van der Waals surface area contributed by atoms with Gasteiger partial charge < -0.3 is 10.2 Å². The average molecular weight is 323 g/mol. The number of nitrogens with zero attached hydrogens (tertiary/aromatic N) is 2. The molecule has 2 aromatic rings. The Morgan fingerprint density at radius 3 is 2.76 bits per heavy atom. The minimum atomic E-state index is -0.0388. The summed E-state index contributed by atoms with van der Waals surface area (Å²) in [6.45, 7) is 2.04. The van der Waals surface area contributed by atoms with Crippen LogP contribution in [-0.4, -0.2) is 35.8 Å². The van der Waals surface area contributed by atoms with Crippen LogP contribution >= 0.6 is 22.7 Å². The second-order valence-electron chi connectivity index (χ2n) is 4.77. The number of amides is 2. The van der Waals surface area contributed by atoms with Crippen molar-refractivity contribution >= 4 is 34.5 Å². The molecule has 2 amide bonds. The van der Waals surface area contributed by atoms with Crippen molar-refractivity contribution in [2.24, 2.45) is 0 Å². The van der Waals surface area contributed by atoms with E-state index in [1.54, 1.807) is 30.3 Å². The molecule has 0 saturated carbocycles. The summed E-state index contributed by atoms with van der Waals surface area (Å²) in [5.74, 6) is 0.0107. The number of nitrogens with one attached hydrogen (secondary N) is 1. The Kier molecular flexibility index (Phi) is 5.08. The third-order valence-corrected chi connectivity index (χ3v) is 4.74. The average Bonchev–Trinajstić information content (AvgIpc) is 3.04. The first-order valence-electron chi connectivity index (χ1n) is 6.44. The largest absolute Gasteiger partial charge is 0.351 e. The molecule has 2 aromatic heterocycles. The normalized spacial score (nSPS) is 10.4. The Bertz CT molecular complexity index is 646. The number of aromatic nitrogens is 1. The van der Waals surface area contributed by atoms with E-state index in [4.69, 9.17) is 0 Å². The van der Waals surface area contributed by atoms with Crippen molar-refractivity contribution in [2.75, 3.05) is 14.1 Å². The molecule has 0 unspecified atom stereocenters. The van der Waals surface area contributed by atoms with Gasteiger partial charge in [0.1, 0.15) is 5.01 Å². The molecule has 0 fully saturated rings. The number of rotatable bonds is 5. The second kappa shape index (κ2) is 6.82. The summed E-state index contributed by atoms with van der Waals surface area (Å²) in [7, 11) is 3.48. The molecule has 0 aromatic carbocycles. The van der Waals surface area contributed by atoms with Crippen molar-refractivity contribution in [3.05, 3.63) is 27.4 Å². The first kappa shape index (κ1) is 15.7. The fraction of sp³-hybridized carbons (Fsp3) is 0.357. The lowest BCUT2D eigenvalue weighted by Gasteiger charge is -2.07. The van der Waals surface area contributed by atoms with E-state index >= 15 is 0 Å². The molecule has 1 N–H and O–H groups in total. The molecule has 21 heavy (non-hydrogen) atoms. The minimum Gasteiger partial charge on any atom is -0.351 e. The van der Waals surface area contributed by atoms with Crippen LogP contribution < -0.4 is 5.32 Å². The summed E-state index contributed by atoms with van der Waals surface area (Å²) in [6.07, 6.45) is 0.335. The van der Waals surface area contributed by atoms with Gasteiger partial charge in [-0.05, 0) is 12.1 Å². The topological polar surface area (TPSA) is 62.3 Å². The zero-order valence-electron chi connectivity index (χ0n) is 12.2. The van der Waals surface area contributed by atoms with Gasteiger partial charge in [-0.15, -0.1) is 22.7 Å². The van der Waals surface area contributed by atoms with Crippen molar-refractivity contribution in [1.29, 1.82) is 0 Å². The maximum atomic E-state index is 11.7. The fourth-order valence-electron chi connectivity index (χ4n) is 1.61. The molecule has 0 bridgehead atoms. The summed E-state index contributed by atoms with van der Waals surface area (Å²) >= 11 is 3.10. The summed E-state index contributed by atoms with van der Waals surface area (Å²) in [5.41, 5.74) is 0.889. The van der Waals surface area contributed by atoms with Crippen molar-refractivity contribution in [2.45, 2.75) is 19.9 Å². The molecule has 5 nitrogen and oxygen atoms in total. The van der Waals surface area contributed by atoms with Gasteiger partial charge in [-0.25, -0.2) is 4.98 Å². The maximum absolute atomic E-state index is 11.7. The van der Waals surface area contributed by atoms with E-state index in [1.807, 2.05) is 17.5 Å². The molecule has 0 aliphatic heterocycles. The van der Waals surface area contributed by atoms with E-state index in [-0.39, 0.29) is 11.8 Å². The maximum Gasteiger partial charge on any atom is 0.228 e. The zero-order valence-corrected chi connectivity index (χ0v) is 13.8. The molecule has 0 atom stereocenters. The first-order chi connectivity index (χ1) is 9.95. The van der Waals surface area contributed by atoms with Crippen molar-refractivity contribution < 1.29 is 9.59 Å². The third kappa shape index (κ3) is 4.37. The van der Waals surface area contributed by atoms with Crippen molar-refractivity contribution in [3.8, 4) is 10.6 Å². The van der Waals surface area contributed by atoms with Crippen LogP contribution in [0.15, 0.2) is 17.5 Å². The van der Waals surface area contributed by atoms with Crippen LogP contribution in [0.3, 0.4) is 0 Å². The van der Waals surface area contributed by atoms with Crippen LogP contribution in [0.5, 0.6) is 0 Å². The number of thiophene rings is 1. The van der Waals surface area contributed by atoms with Crippen LogP contribution in [0.1, 0.15) is 16.8 Å².